The molecule has 0 saturated carbocycles. The fourth-order valence-electron chi connectivity index (χ4n) is 2.93. The van der Waals surface area contributed by atoms with Crippen molar-refractivity contribution >= 4 is 10.9 Å². The second kappa shape index (κ2) is 5.29. The lowest BCUT2D eigenvalue weighted by Crippen LogP contribution is -1.84. The highest BCUT2D eigenvalue weighted by Gasteiger charge is 2.15. The van der Waals surface area contributed by atoms with Crippen LogP contribution in [0.1, 0.15) is 0 Å². The van der Waals surface area contributed by atoms with Gasteiger partial charge >= 0.3 is 0 Å². The predicted molar refractivity (Wildman–Crippen MR) is 90.8 cm³/mol. The first-order valence-corrected chi connectivity index (χ1v) is 7.39. The van der Waals surface area contributed by atoms with Crippen molar-refractivity contribution in [2.24, 2.45) is 0 Å². The number of aromatic amines is 1. The van der Waals surface area contributed by atoms with Crippen molar-refractivity contribution in [2.45, 2.75) is 0 Å². The molecule has 0 saturated heterocycles. The average Bonchev–Trinajstić information content (AvgIpc) is 2.98. The zero-order valence-corrected chi connectivity index (χ0v) is 12.3. The van der Waals surface area contributed by atoms with Gasteiger partial charge in [0.2, 0.25) is 0 Å². The van der Waals surface area contributed by atoms with E-state index in [1.807, 2.05) is 54.6 Å². The molecule has 4 rings (SSSR count). The number of H-pyrrole nitrogens is 1. The van der Waals surface area contributed by atoms with Gasteiger partial charge in [0.1, 0.15) is 0 Å². The Morgan fingerprint density at radius 2 is 1.52 bits per heavy atom. The molecule has 0 aliphatic heterocycles. The summed E-state index contributed by atoms with van der Waals surface area (Å²) in [6.07, 6.45) is 0. The van der Waals surface area contributed by atoms with Gasteiger partial charge in [0.15, 0.2) is 11.6 Å². The van der Waals surface area contributed by atoms with Crippen molar-refractivity contribution in [3.05, 3.63) is 78.6 Å². The zero-order chi connectivity index (χ0) is 15.8. The SMILES string of the molecule is Oc1ccc(-c2c(-c3ccccc3)[nH]c3ccccc23)cc1F. The predicted octanol–water partition coefficient (Wildman–Crippen LogP) is 5.35. The van der Waals surface area contributed by atoms with Crippen LogP contribution in [0.4, 0.5) is 4.39 Å². The van der Waals surface area contributed by atoms with Gasteiger partial charge in [-0.2, -0.15) is 0 Å². The van der Waals surface area contributed by atoms with Gasteiger partial charge < -0.3 is 10.1 Å². The molecule has 0 spiro atoms. The van der Waals surface area contributed by atoms with Gasteiger partial charge in [-0.15, -0.1) is 0 Å². The van der Waals surface area contributed by atoms with Gasteiger partial charge in [0.25, 0.3) is 0 Å². The van der Waals surface area contributed by atoms with E-state index in [1.54, 1.807) is 6.07 Å². The lowest BCUT2D eigenvalue weighted by atomic mass is 9.98. The first kappa shape index (κ1) is 13.6. The molecule has 0 amide bonds. The Balaban J connectivity index is 2.05. The van der Waals surface area contributed by atoms with Crippen LogP contribution in [-0.2, 0) is 0 Å². The molecule has 112 valence electrons. The topological polar surface area (TPSA) is 36.0 Å². The van der Waals surface area contributed by atoms with E-state index in [4.69, 9.17) is 0 Å². The second-order valence-electron chi connectivity index (χ2n) is 5.45. The van der Waals surface area contributed by atoms with E-state index in [0.717, 1.165) is 33.3 Å². The minimum Gasteiger partial charge on any atom is -0.505 e. The maximum Gasteiger partial charge on any atom is 0.165 e. The summed E-state index contributed by atoms with van der Waals surface area (Å²) in [6.45, 7) is 0. The molecule has 0 unspecified atom stereocenters. The summed E-state index contributed by atoms with van der Waals surface area (Å²) < 4.78 is 13.8. The summed E-state index contributed by atoms with van der Waals surface area (Å²) in [5.74, 6) is -0.957. The third-order valence-electron chi connectivity index (χ3n) is 4.00. The third kappa shape index (κ3) is 2.27. The van der Waals surface area contributed by atoms with E-state index in [1.165, 1.54) is 12.1 Å². The average molecular weight is 303 g/mol. The highest BCUT2D eigenvalue weighted by atomic mass is 19.1. The molecular weight excluding hydrogens is 289 g/mol. The molecule has 0 radical (unpaired) electrons. The van der Waals surface area contributed by atoms with Crippen LogP contribution in [0.3, 0.4) is 0 Å². The number of phenols is 1. The largest absolute Gasteiger partial charge is 0.505 e. The van der Waals surface area contributed by atoms with Crippen molar-refractivity contribution in [3.63, 3.8) is 0 Å². The van der Waals surface area contributed by atoms with Gasteiger partial charge in [-0.1, -0.05) is 54.6 Å². The summed E-state index contributed by atoms with van der Waals surface area (Å²) in [5.41, 5.74) is 4.64. The van der Waals surface area contributed by atoms with Gasteiger partial charge in [0.05, 0.1) is 5.69 Å². The highest BCUT2D eigenvalue weighted by molar-refractivity contribution is 6.03. The molecular formula is C20H14FNO. The molecule has 3 heteroatoms. The van der Waals surface area contributed by atoms with E-state index >= 15 is 0 Å². The smallest absolute Gasteiger partial charge is 0.165 e. The van der Waals surface area contributed by atoms with Gasteiger partial charge in [-0.25, -0.2) is 4.39 Å². The van der Waals surface area contributed by atoms with Crippen LogP contribution in [0.5, 0.6) is 5.75 Å². The van der Waals surface area contributed by atoms with Crippen LogP contribution in [0.15, 0.2) is 72.8 Å². The molecule has 0 aliphatic rings. The van der Waals surface area contributed by atoms with Crippen LogP contribution >= 0.6 is 0 Å². The summed E-state index contributed by atoms with van der Waals surface area (Å²) in [5, 5.41) is 10.5. The van der Waals surface area contributed by atoms with Crippen molar-refractivity contribution < 1.29 is 9.50 Å². The third-order valence-corrected chi connectivity index (χ3v) is 4.00. The molecule has 2 N–H and O–H groups in total. The minimum atomic E-state index is -0.619. The van der Waals surface area contributed by atoms with Crippen molar-refractivity contribution in [1.82, 2.24) is 4.98 Å². The van der Waals surface area contributed by atoms with Gasteiger partial charge in [0, 0.05) is 16.5 Å². The standard InChI is InChI=1S/C20H14FNO/c21-16-12-14(10-11-18(16)23)19-15-8-4-5-9-17(15)22-20(19)13-6-2-1-3-7-13/h1-12,22-23H. The molecule has 3 aromatic carbocycles. The normalized spacial score (nSPS) is 11.0. The quantitative estimate of drug-likeness (QED) is 0.514. The van der Waals surface area contributed by atoms with Crippen molar-refractivity contribution in [1.29, 1.82) is 0 Å². The first-order chi connectivity index (χ1) is 11.2. The summed E-state index contributed by atoms with van der Waals surface area (Å²) in [4.78, 5) is 3.43. The van der Waals surface area contributed by atoms with Crippen LogP contribution in [0.2, 0.25) is 0 Å². The number of fused-ring (bicyclic) bond motifs is 1. The molecule has 0 bridgehead atoms. The van der Waals surface area contributed by atoms with Crippen LogP contribution in [0, 0.1) is 5.82 Å². The Hall–Kier alpha value is -3.07. The molecule has 4 aromatic rings. The molecule has 0 fully saturated rings. The van der Waals surface area contributed by atoms with E-state index in [9.17, 15) is 9.50 Å². The zero-order valence-electron chi connectivity index (χ0n) is 12.3. The minimum absolute atomic E-state index is 0.338. The Morgan fingerprint density at radius 3 is 2.30 bits per heavy atom. The Bertz CT molecular complexity index is 989. The molecule has 23 heavy (non-hydrogen) atoms. The number of nitrogens with one attached hydrogen (secondary N) is 1. The molecule has 2 nitrogen and oxygen atoms in total. The lowest BCUT2D eigenvalue weighted by molar-refractivity contribution is 0.432. The van der Waals surface area contributed by atoms with E-state index in [0.29, 0.717) is 0 Å². The maximum absolute atomic E-state index is 13.8. The number of hydrogen-bond donors (Lipinski definition) is 2. The van der Waals surface area contributed by atoms with Gasteiger partial charge in [-0.05, 0) is 29.3 Å². The van der Waals surface area contributed by atoms with Crippen molar-refractivity contribution in [3.8, 4) is 28.1 Å². The Kier molecular flexibility index (Phi) is 3.12. The number of halogens is 1. The number of rotatable bonds is 2. The fourth-order valence-corrected chi connectivity index (χ4v) is 2.93. The molecule has 0 aliphatic carbocycles. The van der Waals surface area contributed by atoms with Crippen LogP contribution in [0.25, 0.3) is 33.3 Å². The molecule has 1 heterocycles. The lowest BCUT2D eigenvalue weighted by Gasteiger charge is -2.07. The molecule has 0 atom stereocenters. The molecule has 1 aromatic heterocycles. The number of benzene rings is 3. The number of aromatic hydroxyl groups is 1. The summed E-state index contributed by atoms with van der Waals surface area (Å²) in [6, 6.07) is 22.4. The Morgan fingerprint density at radius 1 is 0.783 bits per heavy atom. The fraction of sp³-hybridized carbons (Fsp3) is 0. The number of para-hydroxylation sites is 1. The second-order valence-corrected chi connectivity index (χ2v) is 5.45. The number of aromatic nitrogens is 1. The maximum atomic E-state index is 13.8. The van der Waals surface area contributed by atoms with E-state index in [2.05, 4.69) is 4.98 Å². The monoisotopic (exact) mass is 303 g/mol. The van der Waals surface area contributed by atoms with E-state index in [-0.39, 0.29) is 5.75 Å². The van der Waals surface area contributed by atoms with Crippen LogP contribution < -0.4 is 0 Å². The Labute approximate surface area is 132 Å². The summed E-state index contributed by atoms with van der Waals surface area (Å²) in [7, 11) is 0. The van der Waals surface area contributed by atoms with Gasteiger partial charge in [-0.3, -0.25) is 0 Å². The number of hydrogen-bond acceptors (Lipinski definition) is 1. The van der Waals surface area contributed by atoms with Crippen molar-refractivity contribution in [2.75, 3.05) is 0 Å². The highest BCUT2D eigenvalue weighted by Crippen LogP contribution is 2.39. The van der Waals surface area contributed by atoms with Crippen LogP contribution in [-0.4, -0.2) is 10.1 Å². The summed E-state index contributed by atoms with van der Waals surface area (Å²) >= 11 is 0. The number of phenolic OH excluding ortho intramolecular Hbond substituents is 1. The first-order valence-electron chi connectivity index (χ1n) is 7.39. The van der Waals surface area contributed by atoms with E-state index < -0.39 is 5.82 Å².